The summed E-state index contributed by atoms with van der Waals surface area (Å²) in [5.41, 5.74) is 0.728. The lowest BCUT2D eigenvalue weighted by atomic mass is 9.86. The molecule has 0 N–H and O–H groups in total. The Morgan fingerprint density at radius 2 is 1.67 bits per heavy atom. The molecule has 1 saturated heterocycles. The van der Waals surface area contributed by atoms with E-state index >= 15 is 0 Å². The fraction of sp³-hybridized carbons (Fsp3) is 0.364. The van der Waals surface area contributed by atoms with Crippen molar-refractivity contribution in [2.45, 2.75) is 32.5 Å². The fourth-order valence-electron chi connectivity index (χ4n) is 4.65. The Morgan fingerprint density at radius 3 is 2.43 bits per heavy atom. The first kappa shape index (κ1) is 18.9. The molecule has 0 radical (unpaired) electrons. The van der Waals surface area contributed by atoms with Gasteiger partial charge >= 0.3 is 11.1 Å². The van der Waals surface area contributed by atoms with E-state index in [2.05, 4.69) is 15.0 Å². The van der Waals surface area contributed by atoms with Crippen LogP contribution in [0.4, 0.5) is 4.39 Å². The van der Waals surface area contributed by atoms with E-state index < -0.39 is 11.1 Å². The summed E-state index contributed by atoms with van der Waals surface area (Å²) in [6.07, 6.45) is 5.24. The molecular weight excluding hydrogens is 385 g/mol. The average Bonchev–Trinajstić information content (AvgIpc) is 3.31. The summed E-state index contributed by atoms with van der Waals surface area (Å²) in [6, 6.07) is 9.91. The van der Waals surface area contributed by atoms with Crippen molar-refractivity contribution in [3.8, 4) is 0 Å². The van der Waals surface area contributed by atoms with Crippen molar-refractivity contribution in [2.75, 3.05) is 13.1 Å². The van der Waals surface area contributed by atoms with Gasteiger partial charge in [-0.2, -0.15) is 5.10 Å². The molecule has 0 bridgehead atoms. The van der Waals surface area contributed by atoms with Crippen molar-refractivity contribution >= 4 is 0 Å². The van der Waals surface area contributed by atoms with Crippen LogP contribution in [0.1, 0.15) is 23.4 Å². The molecule has 0 saturated carbocycles. The summed E-state index contributed by atoms with van der Waals surface area (Å²) in [5.74, 6) is 0.319. The van der Waals surface area contributed by atoms with E-state index in [1.54, 1.807) is 29.1 Å². The second-order valence-corrected chi connectivity index (χ2v) is 8.39. The number of halogens is 1. The predicted molar refractivity (Wildman–Crippen MR) is 109 cm³/mol. The van der Waals surface area contributed by atoms with Crippen LogP contribution < -0.4 is 11.1 Å². The number of aromatic nitrogens is 4. The highest BCUT2D eigenvalue weighted by Gasteiger charge is 2.44. The molecule has 3 aromatic rings. The van der Waals surface area contributed by atoms with Crippen LogP contribution in [0.3, 0.4) is 0 Å². The van der Waals surface area contributed by atoms with Gasteiger partial charge in [0.05, 0.1) is 6.54 Å². The maximum Gasteiger partial charge on any atom is 0.332 e. The molecule has 1 fully saturated rings. The summed E-state index contributed by atoms with van der Waals surface area (Å²) in [5, 5.41) is 4.51. The normalized spacial score (nSPS) is 20.7. The number of likely N-dealkylation sites (tertiary alicyclic amines) is 1. The van der Waals surface area contributed by atoms with Crippen LogP contribution in [0.25, 0.3) is 0 Å². The minimum absolute atomic E-state index is 0.0618. The molecule has 0 unspecified atom stereocenters. The molecule has 4 heterocycles. The number of hydrogen-bond acceptors (Lipinski definition) is 5. The quantitative estimate of drug-likeness (QED) is 0.612. The first-order valence-corrected chi connectivity index (χ1v) is 10.1. The third-order valence-corrected chi connectivity index (χ3v) is 6.16. The molecule has 8 heteroatoms. The minimum Gasteiger partial charge on any atom is -0.298 e. The van der Waals surface area contributed by atoms with Crippen molar-refractivity contribution < 1.29 is 4.39 Å². The molecule has 2 aliphatic rings. The zero-order valence-corrected chi connectivity index (χ0v) is 16.5. The van der Waals surface area contributed by atoms with Crippen LogP contribution in [-0.4, -0.2) is 37.3 Å². The van der Waals surface area contributed by atoms with Crippen molar-refractivity contribution in [1.29, 1.82) is 0 Å². The molecule has 7 nitrogen and oxygen atoms in total. The summed E-state index contributed by atoms with van der Waals surface area (Å²) in [4.78, 5) is 31.8. The maximum atomic E-state index is 13.1. The molecule has 1 aromatic carbocycles. The zero-order valence-electron chi connectivity index (χ0n) is 16.5. The number of fused-ring (bicyclic) bond motifs is 1. The Hall–Kier alpha value is -3.13. The van der Waals surface area contributed by atoms with E-state index in [-0.39, 0.29) is 17.8 Å². The molecule has 2 aliphatic heterocycles. The number of benzene rings is 1. The van der Waals surface area contributed by atoms with Gasteiger partial charge in [0, 0.05) is 43.9 Å². The lowest BCUT2D eigenvalue weighted by Crippen LogP contribution is -2.43. The summed E-state index contributed by atoms with van der Waals surface area (Å²) < 4.78 is 15.9. The highest BCUT2D eigenvalue weighted by molar-refractivity contribution is 5.17. The molecule has 1 spiro atoms. The monoisotopic (exact) mass is 407 g/mol. The van der Waals surface area contributed by atoms with E-state index in [1.807, 2.05) is 12.1 Å². The first-order chi connectivity index (χ1) is 14.5. The summed E-state index contributed by atoms with van der Waals surface area (Å²) in [7, 11) is 0. The van der Waals surface area contributed by atoms with Gasteiger partial charge in [0.15, 0.2) is 0 Å². The van der Waals surface area contributed by atoms with Gasteiger partial charge in [-0.1, -0.05) is 12.1 Å². The number of rotatable bonds is 4. The number of hydrogen-bond donors (Lipinski definition) is 0. The van der Waals surface area contributed by atoms with Gasteiger partial charge in [0.1, 0.15) is 11.6 Å². The topological polar surface area (TPSA) is 73.0 Å². The number of nitrogens with zero attached hydrogens (tertiary/aromatic N) is 5. The van der Waals surface area contributed by atoms with E-state index in [1.165, 1.54) is 22.4 Å². The standard InChI is InChI=1S/C22H22FN5O2/c23-18-3-1-16(2-4-18)13-28-21(30)20(29)27-15-22(11-19(27)25-28)7-10-26(14-22)12-17-5-8-24-9-6-17/h1-6,8-9H,7,10-15H2/t22-/m1/s1. The van der Waals surface area contributed by atoms with Crippen molar-refractivity contribution in [3.05, 3.63) is 92.3 Å². The molecule has 154 valence electrons. The third-order valence-electron chi connectivity index (χ3n) is 6.16. The Bertz CT molecular complexity index is 1190. The Labute approximate surface area is 172 Å². The minimum atomic E-state index is -0.633. The molecule has 2 aromatic heterocycles. The van der Waals surface area contributed by atoms with E-state index in [4.69, 9.17) is 0 Å². The second-order valence-electron chi connectivity index (χ2n) is 8.39. The van der Waals surface area contributed by atoms with Crippen LogP contribution >= 0.6 is 0 Å². The lowest BCUT2D eigenvalue weighted by molar-refractivity contribution is 0.246. The van der Waals surface area contributed by atoms with Crippen LogP contribution in [0.15, 0.2) is 58.4 Å². The maximum absolute atomic E-state index is 13.1. The van der Waals surface area contributed by atoms with Gasteiger partial charge in [-0.15, -0.1) is 0 Å². The second kappa shape index (κ2) is 7.28. The third kappa shape index (κ3) is 3.47. The van der Waals surface area contributed by atoms with Crippen LogP contribution in [0, 0.1) is 11.2 Å². The highest BCUT2D eigenvalue weighted by Crippen LogP contribution is 2.39. The zero-order chi connectivity index (χ0) is 20.7. The van der Waals surface area contributed by atoms with Crippen molar-refractivity contribution in [3.63, 3.8) is 0 Å². The van der Waals surface area contributed by atoms with Gasteiger partial charge in [-0.3, -0.25) is 24.0 Å². The predicted octanol–water partition coefficient (Wildman–Crippen LogP) is 1.44. The fourth-order valence-corrected chi connectivity index (χ4v) is 4.65. The van der Waals surface area contributed by atoms with Gasteiger partial charge in [-0.25, -0.2) is 9.07 Å². The Balaban J connectivity index is 1.36. The van der Waals surface area contributed by atoms with Crippen molar-refractivity contribution in [1.82, 2.24) is 24.2 Å². The Kier molecular flexibility index (Phi) is 4.58. The molecule has 0 amide bonds. The molecular formula is C22H22FN5O2. The highest BCUT2D eigenvalue weighted by atomic mass is 19.1. The first-order valence-electron chi connectivity index (χ1n) is 10.1. The van der Waals surface area contributed by atoms with E-state index in [9.17, 15) is 14.0 Å². The summed E-state index contributed by atoms with van der Waals surface area (Å²) in [6.45, 7) is 3.35. The molecule has 30 heavy (non-hydrogen) atoms. The van der Waals surface area contributed by atoms with Gasteiger partial charge in [0.25, 0.3) is 0 Å². The number of pyridine rings is 1. The molecule has 5 rings (SSSR count). The molecule has 0 aliphatic carbocycles. The molecule has 1 atom stereocenters. The van der Waals surface area contributed by atoms with Gasteiger partial charge < -0.3 is 0 Å². The van der Waals surface area contributed by atoms with Gasteiger partial charge in [0.2, 0.25) is 0 Å². The van der Waals surface area contributed by atoms with E-state index in [0.29, 0.717) is 18.8 Å². The van der Waals surface area contributed by atoms with Crippen molar-refractivity contribution in [2.24, 2.45) is 5.41 Å². The van der Waals surface area contributed by atoms with Gasteiger partial charge in [-0.05, 0) is 48.4 Å². The largest absolute Gasteiger partial charge is 0.332 e. The summed E-state index contributed by atoms with van der Waals surface area (Å²) >= 11 is 0. The average molecular weight is 407 g/mol. The lowest BCUT2D eigenvalue weighted by Gasteiger charge is -2.22. The van der Waals surface area contributed by atoms with Crippen LogP contribution in [0.2, 0.25) is 0 Å². The smallest absolute Gasteiger partial charge is 0.298 e. The van der Waals surface area contributed by atoms with E-state index in [0.717, 1.165) is 31.6 Å². The van der Waals surface area contributed by atoms with Crippen LogP contribution in [0.5, 0.6) is 0 Å². The SMILES string of the molecule is O=c1c(=O)n2c(nn1Cc1ccc(F)cc1)C[C@@]1(CCN(Cc3ccncc3)C1)C2. The van der Waals surface area contributed by atoms with Crippen LogP contribution in [-0.2, 0) is 26.1 Å². The Morgan fingerprint density at radius 1 is 0.933 bits per heavy atom.